The van der Waals surface area contributed by atoms with E-state index in [1.165, 1.54) is 5.56 Å². The summed E-state index contributed by atoms with van der Waals surface area (Å²) in [4.78, 5) is 29.6. The molecule has 6 heteroatoms. The molecule has 2 aromatic rings. The first kappa shape index (κ1) is 22.2. The number of anilines is 1. The summed E-state index contributed by atoms with van der Waals surface area (Å²) >= 11 is 0. The van der Waals surface area contributed by atoms with Crippen LogP contribution in [0, 0.1) is 5.92 Å². The van der Waals surface area contributed by atoms with E-state index < -0.39 is 0 Å². The van der Waals surface area contributed by atoms with Gasteiger partial charge in [-0.15, -0.1) is 0 Å². The third-order valence-corrected chi connectivity index (χ3v) is 6.44. The summed E-state index contributed by atoms with van der Waals surface area (Å²) in [6, 6.07) is 18.1. The number of nitrogens with zero attached hydrogens (tertiary/aromatic N) is 2. The molecule has 1 fully saturated rings. The van der Waals surface area contributed by atoms with Crippen LogP contribution in [0.5, 0.6) is 5.75 Å². The molecule has 0 bridgehead atoms. The van der Waals surface area contributed by atoms with Crippen LogP contribution < -0.4 is 15.0 Å². The molecule has 2 aliphatic rings. The van der Waals surface area contributed by atoms with Crippen molar-refractivity contribution in [1.29, 1.82) is 0 Å². The van der Waals surface area contributed by atoms with E-state index in [0.29, 0.717) is 39.0 Å². The SMILES string of the molecule is CC[C@H]1CN(C(=O)N2CCC(C(=O)NCCCc3ccccc3)CC2)c2ccccc2O1. The van der Waals surface area contributed by atoms with Gasteiger partial charge in [0, 0.05) is 25.6 Å². The summed E-state index contributed by atoms with van der Waals surface area (Å²) in [6.45, 7) is 4.55. The van der Waals surface area contributed by atoms with Crippen molar-refractivity contribution in [2.24, 2.45) is 5.92 Å². The van der Waals surface area contributed by atoms with Crippen LogP contribution in [0.2, 0.25) is 0 Å². The van der Waals surface area contributed by atoms with Gasteiger partial charge in [-0.1, -0.05) is 49.4 Å². The minimum atomic E-state index is -0.0175. The molecule has 170 valence electrons. The average molecular weight is 436 g/mol. The van der Waals surface area contributed by atoms with E-state index in [4.69, 9.17) is 4.74 Å². The number of piperidine rings is 1. The second kappa shape index (κ2) is 10.5. The second-order valence-electron chi connectivity index (χ2n) is 8.65. The van der Waals surface area contributed by atoms with Crippen LogP contribution >= 0.6 is 0 Å². The molecule has 0 aromatic heterocycles. The zero-order chi connectivity index (χ0) is 22.3. The first-order chi connectivity index (χ1) is 15.7. The molecule has 3 amide bonds. The monoisotopic (exact) mass is 435 g/mol. The highest BCUT2D eigenvalue weighted by atomic mass is 16.5. The van der Waals surface area contributed by atoms with Crippen LogP contribution in [-0.4, -0.2) is 49.1 Å². The number of rotatable bonds is 6. The predicted octanol–water partition coefficient (Wildman–Crippen LogP) is 4.25. The fourth-order valence-electron chi connectivity index (χ4n) is 4.49. The van der Waals surface area contributed by atoms with Gasteiger partial charge >= 0.3 is 6.03 Å². The van der Waals surface area contributed by atoms with Gasteiger partial charge in [0.05, 0.1) is 12.2 Å². The van der Waals surface area contributed by atoms with E-state index in [1.807, 2.05) is 52.3 Å². The van der Waals surface area contributed by atoms with Crippen molar-refractivity contribution in [3.63, 3.8) is 0 Å². The minimum Gasteiger partial charge on any atom is -0.486 e. The number of hydrogen-bond donors (Lipinski definition) is 1. The fourth-order valence-corrected chi connectivity index (χ4v) is 4.49. The Morgan fingerprint density at radius 3 is 2.50 bits per heavy atom. The van der Waals surface area contributed by atoms with Gasteiger partial charge in [0.1, 0.15) is 11.9 Å². The number of hydrogen-bond acceptors (Lipinski definition) is 3. The normalized spacial score (nSPS) is 18.6. The van der Waals surface area contributed by atoms with Gasteiger partial charge < -0.3 is 15.0 Å². The second-order valence-corrected chi connectivity index (χ2v) is 8.65. The minimum absolute atomic E-state index is 0.00746. The number of carbonyl (C=O) groups is 2. The van der Waals surface area contributed by atoms with Gasteiger partial charge in [0.25, 0.3) is 0 Å². The molecular formula is C26H33N3O3. The number of aryl methyl sites for hydroxylation is 1. The quantitative estimate of drug-likeness (QED) is 0.690. The zero-order valence-electron chi connectivity index (χ0n) is 18.8. The zero-order valence-corrected chi connectivity index (χ0v) is 18.8. The lowest BCUT2D eigenvalue weighted by molar-refractivity contribution is -0.126. The number of ether oxygens (including phenoxy) is 1. The molecule has 2 aromatic carbocycles. The number of para-hydroxylation sites is 2. The number of likely N-dealkylation sites (tertiary alicyclic amines) is 1. The first-order valence-electron chi connectivity index (χ1n) is 11.8. The summed E-state index contributed by atoms with van der Waals surface area (Å²) in [5, 5.41) is 3.09. The van der Waals surface area contributed by atoms with Crippen molar-refractivity contribution >= 4 is 17.6 Å². The Labute approximate surface area is 190 Å². The Hall–Kier alpha value is -3.02. The van der Waals surface area contributed by atoms with Gasteiger partial charge in [0.15, 0.2) is 0 Å². The largest absolute Gasteiger partial charge is 0.486 e. The third-order valence-electron chi connectivity index (χ3n) is 6.44. The molecule has 4 rings (SSSR count). The van der Waals surface area contributed by atoms with E-state index in [1.54, 1.807) is 0 Å². The Morgan fingerprint density at radius 1 is 1.03 bits per heavy atom. The molecule has 0 radical (unpaired) electrons. The number of nitrogens with one attached hydrogen (secondary N) is 1. The standard InChI is InChI=1S/C26H33N3O3/c1-2-22-19-29(23-12-6-7-13-24(23)32-22)26(31)28-17-14-21(15-18-28)25(30)27-16-8-11-20-9-4-3-5-10-20/h3-7,9-10,12-13,21-22H,2,8,11,14-19H2,1H3,(H,27,30)/t22-/m0/s1. The van der Waals surface area contributed by atoms with E-state index in [0.717, 1.165) is 30.7 Å². The lowest BCUT2D eigenvalue weighted by atomic mass is 9.96. The van der Waals surface area contributed by atoms with Gasteiger partial charge in [-0.2, -0.15) is 0 Å². The Bertz CT molecular complexity index is 910. The highest BCUT2D eigenvalue weighted by Gasteiger charge is 2.34. The Morgan fingerprint density at radius 2 is 1.75 bits per heavy atom. The molecule has 0 unspecified atom stereocenters. The fraction of sp³-hybridized carbons (Fsp3) is 0.462. The maximum Gasteiger partial charge on any atom is 0.324 e. The number of benzene rings is 2. The van der Waals surface area contributed by atoms with Crippen molar-refractivity contribution in [2.75, 3.05) is 31.1 Å². The first-order valence-corrected chi connectivity index (χ1v) is 11.8. The number of urea groups is 1. The van der Waals surface area contributed by atoms with E-state index in [-0.39, 0.29) is 24.0 Å². The highest BCUT2D eigenvalue weighted by molar-refractivity contribution is 5.94. The van der Waals surface area contributed by atoms with Crippen molar-refractivity contribution in [1.82, 2.24) is 10.2 Å². The van der Waals surface area contributed by atoms with Crippen molar-refractivity contribution in [3.8, 4) is 5.75 Å². The molecular weight excluding hydrogens is 402 g/mol. The molecule has 0 spiro atoms. The molecule has 2 aliphatic heterocycles. The molecule has 1 saturated heterocycles. The maximum absolute atomic E-state index is 13.3. The molecule has 32 heavy (non-hydrogen) atoms. The highest BCUT2D eigenvalue weighted by Crippen LogP contribution is 2.35. The Kier molecular flexibility index (Phi) is 7.30. The summed E-state index contributed by atoms with van der Waals surface area (Å²) < 4.78 is 6.01. The van der Waals surface area contributed by atoms with E-state index in [9.17, 15) is 9.59 Å². The summed E-state index contributed by atoms with van der Waals surface area (Å²) in [5.41, 5.74) is 2.13. The molecule has 1 atom stereocenters. The summed E-state index contributed by atoms with van der Waals surface area (Å²) in [6.07, 6.45) is 4.17. The Balaban J connectivity index is 1.25. The maximum atomic E-state index is 13.3. The van der Waals surface area contributed by atoms with Gasteiger partial charge in [-0.05, 0) is 49.8 Å². The predicted molar refractivity (Wildman–Crippen MR) is 126 cm³/mol. The summed E-state index contributed by atoms with van der Waals surface area (Å²) in [5.74, 6) is 0.868. The van der Waals surface area contributed by atoms with Crippen LogP contribution in [0.25, 0.3) is 0 Å². The topological polar surface area (TPSA) is 61.9 Å². The van der Waals surface area contributed by atoms with Crippen LogP contribution in [0.3, 0.4) is 0 Å². The van der Waals surface area contributed by atoms with E-state index >= 15 is 0 Å². The molecule has 2 heterocycles. The van der Waals surface area contributed by atoms with Crippen molar-refractivity contribution in [2.45, 2.75) is 45.1 Å². The number of carbonyl (C=O) groups excluding carboxylic acids is 2. The lowest BCUT2D eigenvalue weighted by Crippen LogP contribution is -2.52. The molecule has 0 saturated carbocycles. The summed E-state index contributed by atoms with van der Waals surface area (Å²) in [7, 11) is 0. The van der Waals surface area contributed by atoms with Crippen molar-refractivity contribution < 1.29 is 14.3 Å². The van der Waals surface area contributed by atoms with Gasteiger partial charge in [-0.25, -0.2) is 4.79 Å². The molecule has 1 N–H and O–H groups in total. The third kappa shape index (κ3) is 5.23. The van der Waals surface area contributed by atoms with Gasteiger partial charge in [-0.3, -0.25) is 9.69 Å². The number of fused-ring (bicyclic) bond motifs is 1. The van der Waals surface area contributed by atoms with Crippen LogP contribution in [0.1, 0.15) is 38.2 Å². The molecule has 6 nitrogen and oxygen atoms in total. The van der Waals surface area contributed by atoms with Crippen LogP contribution in [0.15, 0.2) is 54.6 Å². The average Bonchev–Trinajstić information content (AvgIpc) is 2.86. The smallest absolute Gasteiger partial charge is 0.324 e. The lowest BCUT2D eigenvalue weighted by Gasteiger charge is -2.39. The van der Waals surface area contributed by atoms with Crippen molar-refractivity contribution in [3.05, 3.63) is 60.2 Å². The van der Waals surface area contributed by atoms with Crippen LogP contribution in [0.4, 0.5) is 10.5 Å². The number of amides is 3. The van der Waals surface area contributed by atoms with Gasteiger partial charge in [0.2, 0.25) is 5.91 Å². The molecule has 0 aliphatic carbocycles. The van der Waals surface area contributed by atoms with E-state index in [2.05, 4.69) is 24.4 Å². The van der Waals surface area contributed by atoms with Crippen LogP contribution in [-0.2, 0) is 11.2 Å².